The maximum Gasteiger partial charge on any atom is 0.325 e. The molecule has 0 aliphatic carbocycles. The fraction of sp³-hybridized carbons (Fsp3) is 0.192. The van der Waals surface area contributed by atoms with Crippen LogP contribution in [0.4, 0.5) is 5.69 Å². The zero-order valence-electron chi connectivity index (χ0n) is 17.9. The Labute approximate surface area is 200 Å². The third-order valence-electron chi connectivity index (χ3n) is 6.70. The van der Waals surface area contributed by atoms with E-state index >= 15 is 0 Å². The first-order valence-electron chi connectivity index (χ1n) is 10.8. The van der Waals surface area contributed by atoms with Crippen molar-refractivity contribution in [1.82, 2.24) is 5.32 Å². The van der Waals surface area contributed by atoms with E-state index in [2.05, 4.69) is 5.32 Å². The van der Waals surface area contributed by atoms with E-state index in [1.165, 1.54) is 18.2 Å². The minimum absolute atomic E-state index is 0.0240. The molecule has 4 atom stereocenters. The second-order valence-electron chi connectivity index (χ2n) is 8.61. The lowest BCUT2D eigenvalue weighted by Crippen LogP contribution is -2.57. The van der Waals surface area contributed by atoms with Crippen molar-refractivity contribution in [1.29, 1.82) is 0 Å². The topological polar surface area (TPSA) is 107 Å². The standard InChI is InChI=1S/C26H21ClN2O5/c27-16-11-12-19(30)18(13-16)22-20-21(24(32)29(23(20)31)17-9-5-2-6-10-17)26(28-22,25(33)34)14-15-7-3-1-4-8-15/h1-13,20-22,28,30H,14H2,(H,33,34). The van der Waals surface area contributed by atoms with Crippen LogP contribution in [-0.4, -0.2) is 33.5 Å². The van der Waals surface area contributed by atoms with Crippen molar-refractivity contribution < 1.29 is 24.6 Å². The van der Waals surface area contributed by atoms with Gasteiger partial charge >= 0.3 is 5.97 Å². The largest absolute Gasteiger partial charge is 0.508 e. The number of rotatable bonds is 5. The zero-order chi connectivity index (χ0) is 24.0. The summed E-state index contributed by atoms with van der Waals surface area (Å²) in [5.41, 5.74) is -0.429. The smallest absolute Gasteiger partial charge is 0.325 e. The molecule has 5 rings (SSSR count). The van der Waals surface area contributed by atoms with Crippen molar-refractivity contribution in [3.8, 4) is 5.75 Å². The summed E-state index contributed by atoms with van der Waals surface area (Å²) < 4.78 is 0. The van der Waals surface area contributed by atoms with Crippen LogP contribution < -0.4 is 10.2 Å². The molecule has 2 fully saturated rings. The second-order valence-corrected chi connectivity index (χ2v) is 9.05. The highest BCUT2D eigenvalue weighted by Crippen LogP contribution is 2.52. The number of aliphatic carboxylic acids is 1. The van der Waals surface area contributed by atoms with Gasteiger partial charge in [-0.05, 0) is 35.9 Å². The van der Waals surface area contributed by atoms with Gasteiger partial charge in [0.15, 0.2) is 0 Å². The molecule has 2 heterocycles. The number of hydrogen-bond donors (Lipinski definition) is 3. The number of nitrogens with zero attached hydrogens (tertiary/aromatic N) is 1. The van der Waals surface area contributed by atoms with Gasteiger partial charge in [0.1, 0.15) is 11.3 Å². The Hall–Kier alpha value is -3.68. The Kier molecular flexibility index (Phi) is 5.38. The number of anilines is 1. The predicted molar refractivity (Wildman–Crippen MR) is 125 cm³/mol. The summed E-state index contributed by atoms with van der Waals surface area (Å²) in [6, 6.07) is 20.8. The van der Waals surface area contributed by atoms with Gasteiger partial charge in [-0.25, -0.2) is 4.90 Å². The summed E-state index contributed by atoms with van der Waals surface area (Å²) >= 11 is 6.17. The molecule has 3 N–H and O–H groups in total. The van der Waals surface area contributed by atoms with E-state index in [1.54, 1.807) is 54.6 Å². The number of carboxylic acids is 1. The third kappa shape index (κ3) is 3.36. The van der Waals surface area contributed by atoms with Crippen LogP contribution in [0.15, 0.2) is 78.9 Å². The van der Waals surface area contributed by atoms with Crippen LogP contribution in [0.5, 0.6) is 5.75 Å². The molecule has 2 amide bonds. The first-order chi connectivity index (χ1) is 16.3. The Morgan fingerprint density at radius 3 is 2.26 bits per heavy atom. The molecular formula is C26H21ClN2O5. The van der Waals surface area contributed by atoms with Gasteiger partial charge in [-0.2, -0.15) is 0 Å². The molecule has 0 spiro atoms. The van der Waals surface area contributed by atoms with E-state index < -0.39 is 41.2 Å². The number of imide groups is 1. The quantitative estimate of drug-likeness (QED) is 0.486. The highest BCUT2D eigenvalue weighted by atomic mass is 35.5. The summed E-state index contributed by atoms with van der Waals surface area (Å²) in [6.07, 6.45) is -0.0240. The monoisotopic (exact) mass is 476 g/mol. The molecule has 0 radical (unpaired) electrons. The van der Waals surface area contributed by atoms with Crippen molar-refractivity contribution in [2.24, 2.45) is 11.8 Å². The summed E-state index contributed by atoms with van der Waals surface area (Å²) in [7, 11) is 0. The number of fused-ring (bicyclic) bond motifs is 1. The zero-order valence-corrected chi connectivity index (χ0v) is 18.6. The molecule has 2 saturated heterocycles. The van der Waals surface area contributed by atoms with Crippen LogP contribution in [0, 0.1) is 11.8 Å². The second kappa shape index (κ2) is 8.27. The Morgan fingerprint density at radius 2 is 1.62 bits per heavy atom. The van der Waals surface area contributed by atoms with Gasteiger partial charge in [0.2, 0.25) is 11.8 Å². The fourth-order valence-electron chi connectivity index (χ4n) is 5.23. The van der Waals surface area contributed by atoms with Crippen molar-refractivity contribution in [3.63, 3.8) is 0 Å². The molecular weight excluding hydrogens is 456 g/mol. The van der Waals surface area contributed by atoms with Gasteiger partial charge in [-0.15, -0.1) is 0 Å². The summed E-state index contributed by atoms with van der Waals surface area (Å²) in [6.45, 7) is 0. The minimum Gasteiger partial charge on any atom is -0.508 e. The van der Waals surface area contributed by atoms with Crippen LogP contribution in [-0.2, 0) is 20.8 Å². The van der Waals surface area contributed by atoms with Gasteiger partial charge in [0.25, 0.3) is 0 Å². The highest BCUT2D eigenvalue weighted by Gasteiger charge is 2.68. The van der Waals surface area contributed by atoms with Gasteiger partial charge in [0, 0.05) is 23.0 Å². The van der Waals surface area contributed by atoms with Crippen molar-refractivity contribution in [2.45, 2.75) is 18.0 Å². The number of benzene rings is 3. The molecule has 4 unspecified atom stereocenters. The van der Waals surface area contributed by atoms with Crippen molar-refractivity contribution in [2.75, 3.05) is 4.90 Å². The lowest BCUT2D eigenvalue weighted by Gasteiger charge is -2.31. The lowest BCUT2D eigenvalue weighted by atomic mass is 9.76. The summed E-state index contributed by atoms with van der Waals surface area (Å²) in [5.74, 6) is -4.73. The number of carboxylic acid groups (broad SMARTS) is 1. The minimum atomic E-state index is -1.78. The maximum atomic E-state index is 13.8. The molecule has 3 aromatic rings. The van der Waals surface area contributed by atoms with Crippen LogP contribution in [0.2, 0.25) is 5.02 Å². The Morgan fingerprint density at radius 1 is 0.971 bits per heavy atom. The number of aromatic hydroxyl groups is 1. The van der Waals surface area contributed by atoms with Crippen LogP contribution in [0.1, 0.15) is 17.2 Å². The molecule has 8 heteroatoms. The Bertz CT molecular complexity index is 1280. The molecule has 172 valence electrons. The average molecular weight is 477 g/mol. The number of para-hydroxylation sites is 1. The van der Waals surface area contributed by atoms with Crippen LogP contribution in [0.3, 0.4) is 0 Å². The molecule has 7 nitrogen and oxygen atoms in total. The SMILES string of the molecule is O=C1C2C(c3cc(Cl)ccc3O)NC(Cc3ccccc3)(C(=O)O)C2C(=O)N1c1ccccc1. The lowest BCUT2D eigenvalue weighted by molar-refractivity contribution is -0.148. The van der Waals surface area contributed by atoms with E-state index in [9.17, 15) is 24.6 Å². The number of halogens is 1. The van der Waals surface area contributed by atoms with Crippen molar-refractivity contribution in [3.05, 3.63) is 95.0 Å². The molecule has 2 aliphatic heterocycles. The number of phenols is 1. The van der Waals surface area contributed by atoms with Gasteiger partial charge in [-0.3, -0.25) is 19.7 Å². The average Bonchev–Trinajstić information content (AvgIpc) is 3.31. The van der Waals surface area contributed by atoms with Gasteiger partial charge < -0.3 is 10.2 Å². The predicted octanol–water partition coefficient (Wildman–Crippen LogP) is 3.56. The maximum absolute atomic E-state index is 13.8. The molecule has 0 bridgehead atoms. The van der Waals surface area contributed by atoms with E-state index in [1.807, 2.05) is 6.07 Å². The van der Waals surface area contributed by atoms with E-state index in [0.717, 1.165) is 4.90 Å². The van der Waals surface area contributed by atoms with E-state index in [4.69, 9.17) is 11.6 Å². The molecule has 3 aromatic carbocycles. The number of carbonyl (C=O) groups is 3. The number of phenolic OH excluding ortho intramolecular Hbond substituents is 1. The summed E-state index contributed by atoms with van der Waals surface area (Å²) in [5, 5.41) is 24.5. The van der Waals surface area contributed by atoms with E-state index in [0.29, 0.717) is 16.3 Å². The Balaban J connectivity index is 1.69. The number of carbonyl (C=O) groups excluding carboxylic acids is 2. The highest BCUT2D eigenvalue weighted by molar-refractivity contribution is 6.30. The van der Waals surface area contributed by atoms with Crippen LogP contribution in [0.25, 0.3) is 0 Å². The summed E-state index contributed by atoms with van der Waals surface area (Å²) in [4.78, 5) is 41.4. The number of nitrogens with one attached hydrogen (secondary N) is 1. The third-order valence-corrected chi connectivity index (χ3v) is 6.94. The normalized spacial score (nSPS) is 26.0. The molecule has 34 heavy (non-hydrogen) atoms. The van der Waals surface area contributed by atoms with Gasteiger partial charge in [0.05, 0.1) is 17.5 Å². The first-order valence-corrected chi connectivity index (χ1v) is 11.2. The molecule has 0 saturated carbocycles. The molecule has 2 aliphatic rings. The van der Waals surface area contributed by atoms with E-state index in [-0.39, 0.29) is 17.7 Å². The fourth-order valence-corrected chi connectivity index (χ4v) is 5.41. The van der Waals surface area contributed by atoms with Crippen molar-refractivity contribution >= 4 is 35.1 Å². The number of hydrogen-bond acceptors (Lipinski definition) is 5. The first kappa shape index (κ1) is 22.1. The van der Waals surface area contributed by atoms with Crippen LogP contribution >= 0.6 is 11.6 Å². The molecule has 0 aromatic heterocycles. The van der Waals surface area contributed by atoms with Gasteiger partial charge in [-0.1, -0.05) is 60.1 Å². The number of amides is 2.